The summed E-state index contributed by atoms with van der Waals surface area (Å²) in [7, 11) is 0. The summed E-state index contributed by atoms with van der Waals surface area (Å²) >= 11 is 0. The fraction of sp³-hybridized carbons (Fsp3) is 0.281. The first-order valence-electron chi connectivity index (χ1n) is 13.6. The van der Waals surface area contributed by atoms with E-state index in [1.807, 2.05) is 67.6 Å². The van der Waals surface area contributed by atoms with Gasteiger partial charge in [-0.3, -0.25) is 14.4 Å². The van der Waals surface area contributed by atoms with Crippen molar-refractivity contribution in [1.29, 1.82) is 0 Å². The number of likely N-dealkylation sites (tertiary alicyclic amines) is 1. The third-order valence-corrected chi connectivity index (χ3v) is 7.75. The third-order valence-electron chi connectivity index (χ3n) is 7.75. The van der Waals surface area contributed by atoms with E-state index in [0.29, 0.717) is 41.5 Å². The zero-order chi connectivity index (χ0) is 27.1. The van der Waals surface area contributed by atoms with Gasteiger partial charge in [0.25, 0.3) is 17.4 Å². The number of nitrogens with one attached hydrogen (secondary N) is 1. The van der Waals surface area contributed by atoms with Crippen LogP contribution in [0.15, 0.2) is 77.7 Å². The van der Waals surface area contributed by atoms with Gasteiger partial charge in [0.05, 0.1) is 12.1 Å². The lowest BCUT2D eigenvalue weighted by Gasteiger charge is -2.19. The minimum Gasteiger partial charge on any atom is -0.349 e. The van der Waals surface area contributed by atoms with Gasteiger partial charge < -0.3 is 20.5 Å². The first-order chi connectivity index (χ1) is 18.9. The number of amides is 2. The van der Waals surface area contributed by atoms with Crippen molar-refractivity contribution >= 4 is 22.6 Å². The number of rotatable bonds is 6. The Hall–Kier alpha value is -4.23. The molecule has 39 heavy (non-hydrogen) atoms. The van der Waals surface area contributed by atoms with Gasteiger partial charge in [0.1, 0.15) is 0 Å². The number of pyridine rings is 1. The highest BCUT2D eigenvalue weighted by atomic mass is 16.2. The van der Waals surface area contributed by atoms with E-state index in [9.17, 15) is 14.4 Å². The van der Waals surface area contributed by atoms with Gasteiger partial charge in [0.2, 0.25) is 0 Å². The van der Waals surface area contributed by atoms with Crippen LogP contribution in [0.2, 0.25) is 0 Å². The second-order valence-electron chi connectivity index (χ2n) is 10.8. The van der Waals surface area contributed by atoms with E-state index < -0.39 is 0 Å². The van der Waals surface area contributed by atoms with Crippen molar-refractivity contribution in [3.63, 3.8) is 0 Å². The van der Waals surface area contributed by atoms with E-state index >= 15 is 0 Å². The number of aryl methyl sites for hydroxylation is 1. The van der Waals surface area contributed by atoms with Gasteiger partial charge >= 0.3 is 0 Å². The quantitative estimate of drug-likeness (QED) is 0.400. The summed E-state index contributed by atoms with van der Waals surface area (Å²) in [5.74, 6) is -0.203. The highest BCUT2D eigenvalue weighted by Crippen LogP contribution is 2.30. The Morgan fingerprint density at radius 2 is 1.77 bits per heavy atom. The predicted octanol–water partition coefficient (Wildman–Crippen LogP) is 4.09. The average molecular weight is 521 g/mol. The van der Waals surface area contributed by atoms with Gasteiger partial charge in [-0.05, 0) is 72.7 Å². The zero-order valence-electron chi connectivity index (χ0n) is 22.0. The predicted molar refractivity (Wildman–Crippen MR) is 153 cm³/mol. The molecule has 1 saturated heterocycles. The number of hydrogen-bond donors (Lipinski definition) is 2. The van der Waals surface area contributed by atoms with E-state index in [-0.39, 0.29) is 29.5 Å². The molecule has 1 aliphatic carbocycles. The Morgan fingerprint density at radius 3 is 2.49 bits per heavy atom. The summed E-state index contributed by atoms with van der Waals surface area (Å²) in [6, 6.07) is 21.3. The Balaban J connectivity index is 1.47. The maximum absolute atomic E-state index is 13.8. The normalized spacial score (nSPS) is 17.0. The van der Waals surface area contributed by atoms with E-state index in [0.717, 1.165) is 41.5 Å². The van der Waals surface area contributed by atoms with Crippen LogP contribution in [0.3, 0.4) is 0 Å². The van der Waals surface area contributed by atoms with Crippen LogP contribution >= 0.6 is 0 Å². The molecule has 4 aromatic rings. The van der Waals surface area contributed by atoms with Crippen LogP contribution in [0, 0.1) is 6.92 Å². The van der Waals surface area contributed by atoms with Crippen molar-refractivity contribution in [2.45, 2.75) is 44.8 Å². The van der Waals surface area contributed by atoms with Gasteiger partial charge in [0.15, 0.2) is 0 Å². The van der Waals surface area contributed by atoms with Crippen LogP contribution in [0.25, 0.3) is 21.9 Å². The lowest BCUT2D eigenvalue weighted by molar-refractivity contribution is 0.0791. The maximum Gasteiger partial charge on any atom is 0.258 e. The van der Waals surface area contributed by atoms with Crippen molar-refractivity contribution in [2.24, 2.45) is 5.73 Å². The van der Waals surface area contributed by atoms with Gasteiger partial charge in [-0.1, -0.05) is 42.5 Å². The van der Waals surface area contributed by atoms with E-state index in [1.54, 1.807) is 21.7 Å². The van der Waals surface area contributed by atoms with Gasteiger partial charge in [-0.15, -0.1) is 0 Å². The molecule has 0 spiro atoms. The fourth-order valence-corrected chi connectivity index (χ4v) is 5.34. The van der Waals surface area contributed by atoms with Crippen LogP contribution < -0.4 is 16.6 Å². The van der Waals surface area contributed by atoms with Crippen LogP contribution in [-0.2, 0) is 6.54 Å². The molecular weight excluding hydrogens is 488 g/mol. The zero-order valence-corrected chi connectivity index (χ0v) is 22.0. The summed E-state index contributed by atoms with van der Waals surface area (Å²) in [6.45, 7) is 3.46. The number of nitrogens with two attached hydrogens (primary N) is 1. The standard InChI is InChI=1S/C32H32N4O3/c1-20-7-8-23(30(37)34-25-10-11-25)16-27(20)22-9-12-26-28(15-22)29(32(39)35-14-13-24(33)18-35)19-36(31(26)38)17-21-5-3-2-4-6-21/h2-9,12,15-16,19,24-25H,10-11,13-14,17-18,33H2,1H3,(H,34,37). The molecule has 3 N–H and O–H groups in total. The highest BCUT2D eigenvalue weighted by Gasteiger charge is 2.27. The Labute approximate surface area is 227 Å². The highest BCUT2D eigenvalue weighted by molar-refractivity contribution is 6.08. The molecule has 1 unspecified atom stereocenters. The number of hydrogen-bond acceptors (Lipinski definition) is 4. The van der Waals surface area contributed by atoms with Gasteiger partial charge in [-0.25, -0.2) is 0 Å². The molecule has 7 heteroatoms. The molecule has 6 rings (SSSR count). The minimum absolute atomic E-state index is 0.0434. The molecule has 0 bridgehead atoms. The minimum atomic E-state index is -0.149. The molecule has 7 nitrogen and oxygen atoms in total. The van der Waals surface area contributed by atoms with E-state index in [4.69, 9.17) is 5.73 Å². The molecule has 1 atom stereocenters. The number of carbonyl (C=O) groups is 2. The fourth-order valence-electron chi connectivity index (χ4n) is 5.34. The third kappa shape index (κ3) is 5.10. The summed E-state index contributed by atoms with van der Waals surface area (Å²) in [5.41, 5.74) is 10.8. The van der Waals surface area contributed by atoms with E-state index in [2.05, 4.69) is 5.32 Å². The van der Waals surface area contributed by atoms with E-state index in [1.165, 1.54) is 0 Å². The molecule has 2 amide bonds. The largest absolute Gasteiger partial charge is 0.349 e. The summed E-state index contributed by atoms with van der Waals surface area (Å²) < 4.78 is 1.62. The molecule has 198 valence electrons. The first kappa shape index (κ1) is 25.1. The van der Waals surface area contributed by atoms with Crippen molar-refractivity contribution in [3.05, 3.63) is 106 Å². The van der Waals surface area contributed by atoms with Crippen LogP contribution in [0.5, 0.6) is 0 Å². The number of carbonyl (C=O) groups excluding carboxylic acids is 2. The molecule has 0 radical (unpaired) electrons. The van der Waals surface area contributed by atoms with Crippen LogP contribution in [0.1, 0.15) is 51.1 Å². The SMILES string of the molecule is Cc1ccc(C(=O)NC2CC2)cc1-c1ccc2c(=O)n(Cc3ccccc3)cc(C(=O)N3CCC(N)C3)c2c1. The Bertz CT molecular complexity index is 1640. The molecule has 1 saturated carbocycles. The molecule has 2 fully saturated rings. The molecule has 1 aromatic heterocycles. The van der Waals surface area contributed by atoms with Crippen molar-refractivity contribution < 1.29 is 9.59 Å². The number of benzene rings is 3. The molecule has 1 aliphatic heterocycles. The number of aromatic nitrogens is 1. The number of fused-ring (bicyclic) bond motifs is 1. The second kappa shape index (κ2) is 10.2. The van der Waals surface area contributed by atoms with Crippen molar-refractivity contribution in [2.75, 3.05) is 13.1 Å². The molecule has 2 heterocycles. The molecule has 3 aromatic carbocycles. The number of nitrogens with zero attached hydrogens (tertiary/aromatic N) is 2. The second-order valence-corrected chi connectivity index (χ2v) is 10.8. The van der Waals surface area contributed by atoms with Crippen molar-refractivity contribution in [1.82, 2.24) is 14.8 Å². The topological polar surface area (TPSA) is 97.4 Å². The van der Waals surface area contributed by atoms with Crippen LogP contribution in [0.4, 0.5) is 0 Å². The van der Waals surface area contributed by atoms with Gasteiger partial charge in [0, 0.05) is 47.7 Å². The van der Waals surface area contributed by atoms with Crippen LogP contribution in [-0.4, -0.2) is 46.5 Å². The lowest BCUT2D eigenvalue weighted by Crippen LogP contribution is -2.33. The monoisotopic (exact) mass is 520 g/mol. The first-order valence-corrected chi connectivity index (χ1v) is 13.6. The summed E-state index contributed by atoms with van der Waals surface area (Å²) in [5, 5.41) is 4.15. The molecule has 2 aliphatic rings. The Kier molecular flexibility index (Phi) is 6.53. The van der Waals surface area contributed by atoms with Gasteiger partial charge in [-0.2, -0.15) is 0 Å². The summed E-state index contributed by atoms with van der Waals surface area (Å²) in [6.07, 6.45) is 4.50. The van der Waals surface area contributed by atoms with Crippen molar-refractivity contribution in [3.8, 4) is 11.1 Å². The Morgan fingerprint density at radius 1 is 0.974 bits per heavy atom. The average Bonchev–Trinajstić information content (AvgIpc) is 3.66. The summed E-state index contributed by atoms with van der Waals surface area (Å²) in [4.78, 5) is 41.9. The maximum atomic E-state index is 13.8. The molecular formula is C32H32N4O3. The smallest absolute Gasteiger partial charge is 0.258 e. The lowest BCUT2D eigenvalue weighted by atomic mass is 9.94.